The fourth-order valence-corrected chi connectivity index (χ4v) is 4.33. The molecular weight excluding hydrogens is 423 g/mol. The molecule has 0 atom stereocenters. The summed E-state index contributed by atoms with van der Waals surface area (Å²) in [6.45, 7) is 1.15. The van der Waals surface area contributed by atoms with Crippen LogP contribution in [-0.4, -0.2) is 36.9 Å². The third-order valence-electron chi connectivity index (χ3n) is 6.07. The molecule has 0 aliphatic heterocycles. The fourth-order valence-electron chi connectivity index (χ4n) is 4.33. The number of hydrogen-bond acceptors (Lipinski definition) is 5. The van der Waals surface area contributed by atoms with E-state index < -0.39 is 11.6 Å². The average molecular weight is 449 g/mol. The average Bonchev–Trinajstić information content (AvgIpc) is 3.43. The number of alkyl halides is 1. The number of carbonyl (C=O) groups excluding carboxylic acids is 1. The van der Waals surface area contributed by atoms with Gasteiger partial charge in [-0.05, 0) is 36.6 Å². The van der Waals surface area contributed by atoms with Gasteiger partial charge in [0.25, 0.3) is 11.5 Å². The molecule has 4 aromatic heterocycles. The van der Waals surface area contributed by atoms with E-state index in [2.05, 4.69) is 20.6 Å². The molecule has 0 radical (unpaired) electrons. The van der Waals surface area contributed by atoms with Crippen LogP contribution >= 0.6 is 0 Å². The zero-order valence-electron chi connectivity index (χ0n) is 18.1. The Hall–Kier alpha value is -3.59. The first-order valence-electron chi connectivity index (χ1n) is 11.1. The minimum Gasteiger partial charge on any atom is -0.345 e. The van der Waals surface area contributed by atoms with E-state index in [4.69, 9.17) is 0 Å². The molecule has 8 nitrogen and oxygen atoms in total. The normalized spacial score (nSPS) is 15.3. The van der Waals surface area contributed by atoms with E-state index in [1.807, 2.05) is 28.9 Å². The zero-order chi connectivity index (χ0) is 22.8. The van der Waals surface area contributed by atoms with E-state index in [1.54, 1.807) is 24.4 Å². The summed E-state index contributed by atoms with van der Waals surface area (Å²) in [5, 5.41) is 6.00. The van der Waals surface area contributed by atoms with Crippen LogP contribution in [0.3, 0.4) is 0 Å². The molecule has 2 N–H and O–H groups in total. The van der Waals surface area contributed by atoms with Crippen molar-refractivity contribution in [3.63, 3.8) is 0 Å². The van der Waals surface area contributed by atoms with Crippen LogP contribution in [0.2, 0.25) is 0 Å². The maximum absolute atomic E-state index is 14.5. The van der Waals surface area contributed by atoms with Crippen LogP contribution in [0.25, 0.3) is 11.3 Å². The molecule has 4 aromatic rings. The number of nitrogens with zero attached hydrogens (tertiary/aromatic N) is 4. The summed E-state index contributed by atoms with van der Waals surface area (Å²) in [5.41, 5.74) is 1.55. The van der Waals surface area contributed by atoms with Crippen molar-refractivity contribution >= 4 is 17.2 Å². The fraction of sp³-hybridized carbons (Fsp3) is 0.333. The van der Waals surface area contributed by atoms with Gasteiger partial charge in [-0.25, -0.2) is 14.4 Å². The Bertz CT molecular complexity index is 1370. The molecule has 0 saturated heterocycles. The Balaban J connectivity index is 1.22. The van der Waals surface area contributed by atoms with Crippen LogP contribution in [0.5, 0.6) is 0 Å². The molecule has 0 spiro atoms. The van der Waals surface area contributed by atoms with E-state index in [0.717, 1.165) is 24.1 Å². The van der Waals surface area contributed by atoms with Crippen LogP contribution in [-0.2, 0) is 13.1 Å². The summed E-state index contributed by atoms with van der Waals surface area (Å²) in [4.78, 5) is 33.5. The predicted octanol–water partition coefficient (Wildman–Crippen LogP) is 2.64. The van der Waals surface area contributed by atoms with Crippen molar-refractivity contribution in [3.05, 3.63) is 82.3 Å². The second kappa shape index (κ2) is 8.74. The van der Waals surface area contributed by atoms with Crippen LogP contribution < -0.4 is 16.2 Å². The van der Waals surface area contributed by atoms with Gasteiger partial charge in [0, 0.05) is 37.7 Å². The first-order valence-corrected chi connectivity index (χ1v) is 11.1. The third kappa shape index (κ3) is 4.63. The summed E-state index contributed by atoms with van der Waals surface area (Å²) in [6, 6.07) is 10.2. The molecule has 5 rings (SSSR count). The lowest BCUT2D eigenvalue weighted by Crippen LogP contribution is -2.33. The van der Waals surface area contributed by atoms with Gasteiger partial charge in [-0.15, -0.1) is 0 Å². The monoisotopic (exact) mass is 448 g/mol. The summed E-state index contributed by atoms with van der Waals surface area (Å²) >= 11 is 0. The van der Waals surface area contributed by atoms with Gasteiger partial charge in [0.1, 0.15) is 22.7 Å². The van der Waals surface area contributed by atoms with Crippen molar-refractivity contribution in [3.8, 4) is 0 Å². The van der Waals surface area contributed by atoms with E-state index in [9.17, 15) is 14.0 Å². The first kappa shape index (κ1) is 21.3. The maximum atomic E-state index is 14.5. The van der Waals surface area contributed by atoms with Gasteiger partial charge < -0.3 is 15.0 Å². The molecule has 0 unspecified atom stereocenters. The van der Waals surface area contributed by atoms with Gasteiger partial charge >= 0.3 is 0 Å². The van der Waals surface area contributed by atoms with Crippen LogP contribution in [0.4, 0.5) is 4.39 Å². The molecule has 9 heteroatoms. The summed E-state index contributed by atoms with van der Waals surface area (Å²) in [5.74, 6) is -0.438. The number of rotatable bonds is 7. The second-order valence-corrected chi connectivity index (χ2v) is 8.59. The number of amides is 1. The number of nitrogens with one attached hydrogen (secondary N) is 2. The number of hydrogen-bond donors (Lipinski definition) is 2. The number of pyridine rings is 2. The van der Waals surface area contributed by atoms with Crippen molar-refractivity contribution in [1.82, 2.24) is 29.4 Å². The van der Waals surface area contributed by atoms with Gasteiger partial charge in [-0.3, -0.25) is 14.0 Å². The minimum absolute atomic E-state index is 0.0659. The lowest BCUT2D eigenvalue weighted by atomic mass is 10.1. The quantitative estimate of drug-likeness (QED) is 0.454. The lowest BCUT2D eigenvalue weighted by Gasteiger charge is -2.19. The Morgan fingerprint density at radius 1 is 1.06 bits per heavy atom. The SMILES string of the molecule is O=C(NCc1cn2cc(CNCC3(F)CCCC3)ccc2n1)c1cc(=O)n2ccccc2n1. The molecule has 170 valence electrons. The van der Waals surface area contributed by atoms with E-state index >= 15 is 0 Å². The minimum atomic E-state index is -1.07. The Morgan fingerprint density at radius 3 is 2.76 bits per heavy atom. The van der Waals surface area contributed by atoms with E-state index in [0.29, 0.717) is 37.3 Å². The van der Waals surface area contributed by atoms with Gasteiger partial charge in [0.15, 0.2) is 0 Å². The highest BCUT2D eigenvalue weighted by atomic mass is 19.1. The highest BCUT2D eigenvalue weighted by Gasteiger charge is 2.32. The molecule has 33 heavy (non-hydrogen) atoms. The topological polar surface area (TPSA) is 92.8 Å². The standard InChI is InChI=1S/C24H25FN6O2/c25-24(8-2-3-9-24)16-26-12-17-6-7-20-28-18(15-30(20)14-17)13-27-23(33)19-11-22(32)31-10-4-1-5-21(31)29-19/h1,4-7,10-11,14-15,26H,2-3,8-9,12-13,16H2,(H,27,33). The maximum Gasteiger partial charge on any atom is 0.270 e. The van der Waals surface area contributed by atoms with Crippen molar-refractivity contribution in [2.24, 2.45) is 0 Å². The van der Waals surface area contributed by atoms with Gasteiger partial charge in [0.05, 0.1) is 12.2 Å². The zero-order valence-corrected chi connectivity index (χ0v) is 18.1. The molecule has 0 bridgehead atoms. The number of fused-ring (bicyclic) bond motifs is 2. The highest BCUT2D eigenvalue weighted by molar-refractivity contribution is 5.92. The first-order chi connectivity index (χ1) is 16.0. The number of imidazole rings is 1. The van der Waals surface area contributed by atoms with Crippen LogP contribution in [0.1, 0.15) is 47.4 Å². The summed E-state index contributed by atoms with van der Waals surface area (Å²) in [7, 11) is 0. The molecule has 1 saturated carbocycles. The highest BCUT2D eigenvalue weighted by Crippen LogP contribution is 2.32. The summed E-state index contributed by atoms with van der Waals surface area (Å²) in [6.07, 6.45) is 8.61. The third-order valence-corrected chi connectivity index (χ3v) is 6.07. The molecule has 4 heterocycles. The van der Waals surface area contributed by atoms with Gasteiger partial charge in [-0.1, -0.05) is 25.0 Å². The number of halogens is 1. The Kier molecular flexibility index (Phi) is 5.63. The molecule has 1 aliphatic carbocycles. The molecule has 0 aromatic carbocycles. The Labute approximate surface area is 189 Å². The second-order valence-electron chi connectivity index (χ2n) is 8.59. The molecule has 1 aliphatic rings. The van der Waals surface area contributed by atoms with Gasteiger partial charge in [0.2, 0.25) is 0 Å². The van der Waals surface area contributed by atoms with Crippen LogP contribution in [0, 0.1) is 0 Å². The Morgan fingerprint density at radius 2 is 1.91 bits per heavy atom. The van der Waals surface area contributed by atoms with E-state index in [1.165, 1.54) is 10.5 Å². The van der Waals surface area contributed by atoms with E-state index in [-0.39, 0.29) is 17.8 Å². The van der Waals surface area contributed by atoms with Crippen molar-refractivity contribution in [2.45, 2.75) is 44.4 Å². The lowest BCUT2D eigenvalue weighted by molar-refractivity contribution is 0.0945. The number of carbonyl (C=O) groups is 1. The van der Waals surface area contributed by atoms with Crippen molar-refractivity contribution < 1.29 is 9.18 Å². The van der Waals surface area contributed by atoms with Crippen molar-refractivity contribution in [2.75, 3.05) is 6.54 Å². The molecule has 1 amide bonds. The van der Waals surface area contributed by atoms with Crippen LogP contribution in [0.15, 0.2) is 59.8 Å². The summed E-state index contributed by atoms with van der Waals surface area (Å²) < 4.78 is 17.8. The van der Waals surface area contributed by atoms with Gasteiger partial charge in [-0.2, -0.15) is 0 Å². The molecular formula is C24H25FN6O2. The largest absolute Gasteiger partial charge is 0.345 e. The number of aromatic nitrogens is 4. The molecule has 1 fully saturated rings. The van der Waals surface area contributed by atoms with Crippen molar-refractivity contribution in [1.29, 1.82) is 0 Å². The smallest absolute Gasteiger partial charge is 0.270 e. The predicted molar refractivity (Wildman–Crippen MR) is 122 cm³/mol.